The SMILES string of the molecule is Cc1ccc(CNS(=O)(=O)c2ccc(Br)c(C(=O)O)c2)o1. The molecule has 0 atom stereocenters. The van der Waals surface area contributed by atoms with Crippen molar-refractivity contribution in [1.82, 2.24) is 4.72 Å². The molecule has 0 aliphatic carbocycles. The predicted octanol–water partition coefficient (Wildman–Crippen LogP) is 2.53. The molecule has 0 aliphatic rings. The fourth-order valence-corrected chi connectivity index (χ4v) is 3.10. The highest BCUT2D eigenvalue weighted by Gasteiger charge is 2.18. The van der Waals surface area contributed by atoms with Crippen LogP contribution in [0.2, 0.25) is 0 Å². The highest BCUT2D eigenvalue weighted by atomic mass is 79.9. The van der Waals surface area contributed by atoms with Gasteiger partial charge in [-0.25, -0.2) is 17.9 Å². The summed E-state index contributed by atoms with van der Waals surface area (Å²) < 4.78 is 32.2. The Labute approximate surface area is 130 Å². The third-order valence-corrected chi connectivity index (χ3v) is 4.80. The molecule has 0 fully saturated rings. The van der Waals surface area contributed by atoms with Crippen LogP contribution in [0, 0.1) is 6.92 Å². The number of sulfonamides is 1. The Bertz CT molecular complexity index is 782. The van der Waals surface area contributed by atoms with Crippen molar-refractivity contribution in [2.75, 3.05) is 0 Å². The van der Waals surface area contributed by atoms with E-state index in [1.54, 1.807) is 19.1 Å². The van der Waals surface area contributed by atoms with Crippen LogP contribution >= 0.6 is 15.9 Å². The van der Waals surface area contributed by atoms with E-state index in [0.717, 1.165) is 6.07 Å². The van der Waals surface area contributed by atoms with Gasteiger partial charge in [0.25, 0.3) is 0 Å². The normalized spacial score (nSPS) is 11.5. The number of aromatic carboxylic acids is 1. The zero-order valence-electron chi connectivity index (χ0n) is 11.0. The lowest BCUT2D eigenvalue weighted by Gasteiger charge is -2.07. The molecule has 0 spiro atoms. The average Bonchev–Trinajstić information content (AvgIpc) is 2.82. The zero-order valence-corrected chi connectivity index (χ0v) is 13.4. The van der Waals surface area contributed by atoms with Crippen LogP contribution in [0.1, 0.15) is 21.9 Å². The van der Waals surface area contributed by atoms with E-state index in [1.165, 1.54) is 12.1 Å². The van der Waals surface area contributed by atoms with E-state index < -0.39 is 16.0 Å². The summed E-state index contributed by atoms with van der Waals surface area (Å²) in [6, 6.07) is 7.21. The number of benzene rings is 1. The number of aryl methyl sites for hydroxylation is 1. The maximum atomic E-state index is 12.1. The number of carbonyl (C=O) groups is 1. The van der Waals surface area contributed by atoms with E-state index >= 15 is 0 Å². The van der Waals surface area contributed by atoms with Gasteiger partial charge in [0.1, 0.15) is 11.5 Å². The number of rotatable bonds is 5. The topological polar surface area (TPSA) is 96.6 Å². The molecule has 0 amide bonds. The second-order valence-electron chi connectivity index (χ2n) is 4.28. The first-order valence-electron chi connectivity index (χ1n) is 5.87. The standard InChI is InChI=1S/C13H12BrNO5S/c1-8-2-3-9(20-8)7-15-21(18,19)10-4-5-12(14)11(6-10)13(16)17/h2-6,15H,7H2,1H3,(H,16,17). The van der Waals surface area contributed by atoms with Gasteiger partial charge in [-0.15, -0.1) is 0 Å². The fourth-order valence-electron chi connectivity index (χ4n) is 1.67. The van der Waals surface area contributed by atoms with Gasteiger partial charge in [0.15, 0.2) is 0 Å². The molecule has 1 heterocycles. The highest BCUT2D eigenvalue weighted by molar-refractivity contribution is 9.10. The summed E-state index contributed by atoms with van der Waals surface area (Å²) in [5, 5.41) is 9.01. The molecule has 8 heteroatoms. The van der Waals surface area contributed by atoms with E-state index in [2.05, 4.69) is 20.7 Å². The molecule has 1 aromatic heterocycles. The molecule has 21 heavy (non-hydrogen) atoms. The van der Waals surface area contributed by atoms with Crippen LogP contribution in [0.15, 0.2) is 44.1 Å². The van der Waals surface area contributed by atoms with Crippen molar-refractivity contribution in [3.63, 3.8) is 0 Å². The lowest BCUT2D eigenvalue weighted by Crippen LogP contribution is -2.23. The second-order valence-corrected chi connectivity index (χ2v) is 6.91. The first kappa shape index (κ1) is 15.7. The van der Waals surface area contributed by atoms with E-state index in [4.69, 9.17) is 9.52 Å². The molecule has 0 radical (unpaired) electrons. The van der Waals surface area contributed by atoms with Crippen LogP contribution in [-0.2, 0) is 16.6 Å². The Hall–Kier alpha value is -1.64. The molecule has 0 saturated heterocycles. The van der Waals surface area contributed by atoms with E-state index in [-0.39, 0.29) is 17.0 Å². The third kappa shape index (κ3) is 3.72. The predicted molar refractivity (Wildman–Crippen MR) is 78.6 cm³/mol. The number of hydrogen-bond donors (Lipinski definition) is 2. The average molecular weight is 374 g/mol. The molecular weight excluding hydrogens is 362 g/mol. The molecular formula is C13H12BrNO5S. The summed E-state index contributed by atoms with van der Waals surface area (Å²) in [5.74, 6) is -0.0479. The summed E-state index contributed by atoms with van der Waals surface area (Å²) in [7, 11) is -3.82. The van der Waals surface area contributed by atoms with Crippen LogP contribution < -0.4 is 4.72 Å². The fraction of sp³-hybridized carbons (Fsp3) is 0.154. The summed E-state index contributed by atoms with van der Waals surface area (Å²) in [6.07, 6.45) is 0. The molecule has 0 unspecified atom stereocenters. The van der Waals surface area contributed by atoms with Gasteiger partial charge >= 0.3 is 5.97 Å². The van der Waals surface area contributed by atoms with Gasteiger partial charge in [-0.1, -0.05) is 0 Å². The lowest BCUT2D eigenvalue weighted by molar-refractivity contribution is 0.0695. The molecule has 2 N–H and O–H groups in total. The molecule has 0 saturated carbocycles. The van der Waals surface area contributed by atoms with Gasteiger partial charge in [-0.3, -0.25) is 0 Å². The van der Waals surface area contributed by atoms with Crippen molar-refractivity contribution >= 4 is 31.9 Å². The van der Waals surface area contributed by atoms with E-state index in [9.17, 15) is 13.2 Å². The van der Waals surface area contributed by atoms with Gasteiger partial charge in [-0.2, -0.15) is 0 Å². The molecule has 0 aliphatic heterocycles. The first-order chi connectivity index (χ1) is 9.79. The molecule has 2 aromatic rings. The van der Waals surface area contributed by atoms with Crippen LogP contribution in [-0.4, -0.2) is 19.5 Å². The Balaban J connectivity index is 2.23. The van der Waals surface area contributed by atoms with Crippen LogP contribution in [0.25, 0.3) is 0 Å². The maximum Gasteiger partial charge on any atom is 0.336 e. The largest absolute Gasteiger partial charge is 0.478 e. The molecule has 2 rings (SSSR count). The quantitative estimate of drug-likeness (QED) is 0.839. The Kier molecular flexibility index (Phi) is 4.50. The zero-order chi connectivity index (χ0) is 15.6. The summed E-state index contributed by atoms with van der Waals surface area (Å²) in [4.78, 5) is 10.9. The molecule has 0 bridgehead atoms. The Morgan fingerprint density at radius 3 is 2.62 bits per heavy atom. The van der Waals surface area contributed by atoms with Gasteiger partial charge in [0.05, 0.1) is 17.0 Å². The Morgan fingerprint density at radius 2 is 2.05 bits per heavy atom. The number of carboxylic acid groups (broad SMARTS) is 1. The van der Waals surface area contributed by atoms with Crippen molar-refractivity contribution in [1.29, 1.82) is 0 Å². The van der Waals surface area contributed by atoms with Crippen molar-refractivity contribution in [3.8, 4) is 0 Å². The summed E-state index contributed by atoms with van der Waals surface area (Å²) in [5.41, 5.74) is -0.119. The number of carboxylic acids is 1. The first-order valence-corrected chi connectivity index (χ1v) is 8.15. The minimum Gasteiger partial charge on any atom is -0.478 e. The molecule has 6 nitrogen and oxygen atoms in total. The summed E-state index contributed by atoms with van der Waals surface area (Å²) in [6.45, 7) is 1.75. The van der Waals surface area contributed by atoms with Crippen LogP contribution in [0.4, 0.5) is 0 Å². The van der Waals surface area contributed by atoms with E-state index in [0.29, 0.717) is 16.0 Å². The van der Waals surface area contributed by atoms with Crippen molar-refractivity contribution in [2.45, 2.75) is 18.4 Å². The van der Waals surface area contributed by atoms with Gasteiger partial charge in [0, 0.05) is 4.47 Å². The third-order valence-electron chi connectivity index (χ3n) is 2.71. The smallest absolute Gasteiger partial charge is 0.336 e. The minimum absolute atomic E-state index is 0.00532. The number of halogens is 1. The van der Waals surface area contributed by atoms with Crippen molar-refractivity contribution in [2.24, 2.45) is 0 Å². The van der Waals surface area contributed by atoms with Crippen molar-refractivity contribution in [3.05, 3.63) is 51.9 Å². The lowest BCUT2D eigenvalue weighted by atomic mass is 10.2. The van der Waals surface area contributed by atoms with Gasteiger partial charge < -0.3 is 9.52 Å². The molecule has 1 aromatic carbocycles. The highest BCUT2D eigenvalue weighted by Crippen LogP contribution is 2.21. The van der Waals surface area contributed by atoms with Crippen molar-refractivity contribution < 1.29 is 22.7 Å². The monoisotopic (exact) mass is 373 g/mol. The minimum atomic E-state index is -3.82. The van der Waals surface area contributed by atoms with Crippen LogP contribution in [0.5, 0.6) is 0 Å². The van der Waals surface area contributed by atoms with E-state index in [1.807, 2.05) is 0 Å². The molecule has 112 valence electrons. The van der Waals surface area contributed by atoms with Crippen LogP contribution in [0.3, 0.4) is 0 Å². The van der Waals surface area contributed by atoms with Gasteiger partial charge in [-0.05, 0) is 53.2 Å². The Morgan fingerprint density at radius 1 is 1.33 bits per heavy atom. The second kappa shape index (κ2) is 6.00. The summed E-state index contributed by atoms with van der Waals surface area (Å²) >= 11 is 3.07. The van der Waals surface area contributed by atoms with Gasteiger partial charge in [0.2, 0.25) is 10.0 Å². The number of furan rings is 1. The number of nitrogens with one attached hydrogen (secondary N) is 1. The maximum absolute atomic E-state index is 12.1. The number of hydrogen-bond acceptors (Lipinski definition) is 4.